The minimum Gasteiger partial charge on any atom is -0.352 e. The third-order valence-corrected chi connectivity index (χ3v) is 3.72. The van der Waals surface area contributed by atoms with Crippen LogP contribution in [-0.4, -0.2) is 25.0 Å². The first-order chi connectivity index (χ1) is 9.86. The Morgan fingerprint density at radius 3 is 2.57 bits per heavy atom. The fourth-order valence-corrected chi connectivity index (χ4v) is 2.46. The zero-order valence-corrected chi connectivity index (χ0v) is 11.8. The summed E-state index contributed by atoms with van der Waals surface area (Å²) in [6.45, 7) is 3.52. The van der Waals surface area contributed by atoms with Crippen LogP contribution in [0.3, 0.4) is 0 Å². The minimum atomic E-state index is -4.32. The topological polar surface area (TPSA) is 41.1 Å². The van der Waals surface area contributed by atoms with Gasteiger partial charge in [0, 0.05) is 19.0 Å². The summed E-state index contributed by atoms with van der Waals surface area (Å²) in [5.41, 5.74) is 0.0719. The fraction of sp³-hybridized carbons (Fsp3) is 0.533. The van der Waals surface area contributed by atoms with Crippen LogP contribution in [0.15, 0.2) is 24.3 Å². The molecule has 0 saturated carbocycles. The van der Waals surface area contributed by atoms with Crippen molar-refractivity contribution >= 4 is 5.91 Å². The van der Waals surface area contributed by atoms with E-state index in [1.54, 1.807) is 0 Å². The monoisotopic (exact) mass is 300 g/mol. The lowest BCUT2D eigenvalue weighted by Crippen LogP contribution is -2.36. The van der Waals surface area contributed by atoms with Crippen molar-refractivity contribution < 1.29 is 18.0 Å². The molecule has 0 aliphatic carbocycles. The second-order valence-electron chi connectivity index (χ2n) is 5.48. The zero-order valence-electron chi connectivity index (χ0n) is 11.8. The molecule has 1 aliphatic heterocycles. The van der Waals surface area contributed by atoms with Crippen LogP contribution in [-0.2, 0) is 11.0 Å². The number of hydrogen-bond donors (Lipinski definition) is 2. The lowest BCUT2D eigenvalue weighted by Gasteiger charge is -2.16. The summed E-state index contributed by atoms with van der Waals surface area (Å²) < 4.78 is 37.5. The Hall–Kier alpha value is -1.56. The molecule has 0 radical (unpaired) electrons. The largest absolute Gasteiger partial charge is 0.416 e. The molecule has 6 heteroatoms. The van der Waals surface area contributed by atoms with Crippen LogP contribution in [0, 0.1) is 0 Å². The van der Waals surface area contributed by atoms with E-state index in [2.05, 4.69) is 10.6 Å². The molecule has 116 valence electrons. The highest BCUT2D eigenvalue weighted by Crippen LogP contribution is 2.30. The third-order valence-electron chi connectivity index (χ3n) is 3.72. The summed E-state index contributed by atoms with van der Waals surface area (Å²) in [5, 5.41) is 6.10. The predicted octanol–water partition coefficient (Wildman–Crippen LogP) is 2.68. The van der Waals surface area contributed by atoms with Crippen LogP contribution in [0.2, 0.25) is 0 Å². The molecule has 0 bridgehead atoms. The van der Waals surface area contributed by atoms with E-state index in [0.717, 1.165) is 37.2 Å². The number of nitrogens with one attached hydrogen (secondary N) is 2. The number of amides is 1. The van der Waals surface area contributed by atoms with Gasteiger partial charge in [-0.2, -0.15) is 13.2 Å². The zero-order chi connectivity index (χ0) is 15.5. The molecular weight excluding hydrogens is 281 g/mol. The highest BCUT2D eigenvalue weighted by Gasteiger charge is 2.30. The number of hydrogen-bond acceptors (Lipinski definition) is 2. The Kier molecular flexibility index (Phi) is 4.88. The van der Waals surface area contributed by atoms with Crippen LogP contribution in [0.25, 0.3) is 0 Å². The maximum absolute atomic E-state index is 12.5. The van der Waals surface area contributed by atoms with E-state index < -0.39 is 11.7 Å². The smallest absolute Gasteiger partial charge is 0.352 e. The number of rotatable bonds is 4. The first-order valence-corrected chi connectivity index (χ1v) is 7.03. The van der Waals surface area contributed by atoms with Gasteiger partial charge in [0.05, 0.1) is 5.56 Å². The van der Waals surface area contributed by atoms with Gasteiger partial charge >= 0.3 is 6.18 Å². The van der Waals surface area contributed by atoms with Gasteiger partial charge in [0.1, 0.15) is 0 Å². The second kappa shape index (κ2) is 6.47. The Bertz CT molecular complexity index is 479. The van der Waals surface area contributed by atoms with Crippen LogP contribution < -0.4 is 10.6 Å². The maximum atomic E-state index is 12.5. The maximum Gasteiger partial charge on any atom is 0.416 e. The van der Waals surface area contributed by atoms with E-state index in [4.69, 9.17) is 0 Å². The van der Waals surface area contributed by atoms with E-state index in [-0.39, 0.29) is 24.3 Å². The van der Waals surface area contributed by atoms with E-state index in [0.29, 0.717) is 0 Å². The molecule has 1 aliphatic rings. The van der Waals surface area contributed by atoms with Crippen molar-refractivity contribution in [1.82, 2.24) is 10.6 Å². The molecule has 2 rings (SSSR count). The first kappa shape index (κ1) is 15.8. The lowest BCUT2D eigenvalue weighted by atomic mass is 9.96. The van der Waals surface area contributed by atoms with Crippen molar-refractivity contribution in [2.45, 2.75) is 37.9 Å². The Morgan fingerprint density at radius 2 is 2.05 bits per heavy atom. The van der Waals surface area contributed by atoms with Crippen molar-refractivity contribution in [3.63, 3.8) is 0 Å². The van der Waals surface area contributed by atoms with Crippen molar-refractivity contribution in [3.05, 3.63) is 35.4 Å². The number of carbonyl (C=O) groups is 1. The number of halogens is 3. The van der Waals surface area contributed by atoms with Crippen LogP contribution in [0.5, 0.6) is 0 Å². The quantitative estimate of drug-likeness (QED) is 0.897. The number of carbonyl (C=O) groups excluding carboxylic acids is 1. The summed E-state index contributed by atoms with van der Waals surface area (Å²) in [4.78, 5) is 11.9. The van der Waals surface area contributed by atoms with E-state index in [1.165, 1.54) is 12.1 Å². The molecule has 1 amide bonds. The Morgan fingerprint density at radius 1 is 1.38 bits per heavy atom. The van der Waals surface area contributed by atoms with Gasteiger partial charge in [0.15, 0.2) is 0 Å². The van der Waals surface area contributed by atoms with Crippen molar-refractivity contribution in [2.24, 2.45) is 0 Å². The summed E-state index contributed by atoms with van der Waals surface area (Å²) >= 11 is 0. The summed E-state index contributed by atoms with van der Waals surface area (Å²) in [6, 6.07) is 5.17. The van der Waals surface area contributed by atoms with Gasteiger partial charge in [-0.05, 0) is 36.6 Å². The van der Waals surface area contributed by atoms with Crippen LogP contribution in [0.1, 0.15) is 36.8 Å². The molecule has 0 spiro atoms. The van der Waals surface area contributed by atoms with Crippen molar-refractivity contribution in [2.75, 3.05) is 13.1 Å². The first-order valence-electron chi connectivity index (χ1n) is 7.03. The highest BCUT2D eigenvalue weighted by atomic mass is 19.4. The van der Waals surface area contributed by atoms with Gasteiger partial charge in [0.2, 0.25) is 5.91 Å². The van der Waals surface area contributed by atoms with E-state index in [1.807, 2.05) is 6.92 Å². The average molecular weight is 300 g/mol. The molecule has 0 aromatic heterocycles. The van der Waals surface area contributed by atoms with Crippen LogP contribution >= 0.6 is 0 Å². The predicted molar refractivity (Wildman–Crippen MR) is 73.9 cm³/mol. The van der Waals surface area contributed by atoms with Gasteiger partial charge in [-0.25, -0.2) is 0 Å². The summed E-state index contributed by atoms with van der Waals surface area (Å²) in [6.07, 6.45) is -3.13. The molecule has 2 atom stereocenters. The van der Waals surface area contributed by atoms with Crippen LogP contribution in [0.4, 0.5) is 13.2 Å². The SMILES string of the molecule is CC(CC(=O)NC1CCNC1)c1ccc(C(F)(F)F)cc1. The minimum absolute atomic E-state index is 0.0592. The Balaban J connectivity index is 1.90. The van der Waals surface area contributed by atoms with Gasteiger partial charge in [0.25, 0.3) is 0 Å². The number of alkyl halides is 3. The molecule has 1 aromatic rings. The van der Waals surface area contributed by atoms with E-state index >= 15 is 0 Å². The second-order valence-corrected chi connectivity index (χ2v) is 5.48. The third kappa shape index (κ3) is 4.46. The van der Waals surface area contributed by atoms with E-state index in [9.17, 15) is 18.0 Å². The standard InChI is InChI=1S/C15H19F3N2O/c1-10(8-14(21)20-13-6-7-19-9-13)11-2-4-12(5-3-11)15(16,17)18/h2-5,10,13,19H,6-9H2,1H3,(H,20,21). The van der Waals surface area contributed by atoms with Crippen molar-refractivity contribution in [3.8, 4) is 0 Å². The molecule has 1 aromatic carbocycles. The number of benzene rings is 1. The Labute approximate surface area is 121 Å². The average Bonchev–Trinajstić information content (AvgIpc) is 2.90. The van der Waals surface area contributed by atoms with Crippen molar-refractivity contribution in [1.29, 1.82) is 0 Å². The van der Waals surface area contributed by atoms with Gasteiger partial charge in [-0.15, -0.1) is 0 Å². The molecule has 1 heterocycles. The molecule has 2 unspecified atom stereocenters. The van der Waals surface area contributed by atoms with Gasteiger partial charge in [-0.3, -0.25) is 4.79 Å². The normalized spacial score (nSPS) is 20.3. The molecule has 3 nitrogen and oxygen atoms in total. The molecule has 2 N–H and O–H groups in total. The molecule has 1 saturated heterocycles. The molecule has 21 heavy (non-hydrogen) atoms. The summed E-state index contributed by atoms with van der Waals surface area (Å²) in [7, 11) is 0. The molecular formula is C15H19F3N2O. The van der Waals surface area contributed by atoms with Gasteiger partial charge in [-0.1, -0.05) is 19.1 Å². The van der Waals surface area contributed by atoms with Gasteiger partial charge < -0.3 is 10.6 Å². The summed E-state index contributed by atoms with van der Waals surface area (Å²) in [5.74, 6) is -0.169. The molecule has 1 fully saturated rings. The fourth-order valence-electron chi connectivity index (χ4n) is 2.46. The lowest BCUT2D eigenvalue weighted by molar-refractivity contribution is -0.137. The highest BCUT2D eigenvalue weighted by molar-refractivity contribution is 5.77.